The van der Waals surface area contributed by atoms with Crippen LogP contribution in [0.5, 0.6) is 0 Å². The summed E-state index contributed by atoms with van der Waals surface area (Å²) in [6, 6.07) is 0. The molecule has 2 amide bonds. The van der Waals surface area contributed by atoms with E-state index in [0.29, 0.717) is 6.42 Å². The third-order valence-corrected chi connectivity index (χ3v) is 13.5. The zero-order valence-electron chi connectivity index (χ0n) is 36.6. The summed E-state index contributed by atoms with van der Waals surface area (Å²) in [5.74, 6) is -1.36. The molecule has 8 atom stereocenters. The highest BCUT2D eigenvalue weighted by Crippen LogP contribution is 2.56. The number of allylic oxidation sites excluding steroid dienone is 4. The normalized spacial score (nSPS) is 20.9. The van der Waals surface area contributed by atoms with Crippen molar-refractivity contribution in [2.75, 3.05) is 37.8 Å². The van der Waals surface area contributed by atoms with Gasteiger partial charge in [-0.1, -0.05) is 69.7 Å². The number of fused-ring (bicyclic) bond motifs is 1. The van der Waals surface area contributed by atoms with E-state index < -0.39 is 90.7 Å². The van der Waals surface area contributed by atoms with E-state index in [1.165, 1.54) is 33.1 Å². The maximum atomic E-state index is 12.6. The predicted octanol–water partition coefficient (Wildman–Crippen LogP) is 0.141. The van der Waals surface area contributed by atoms with Crippen LogP contribution in [0, 0.1) is 5.41 Å². The molecule has 3 rings (SSSR count). The summed E-state index contributed by atoms with van der Waals surface area (Å²) < 4.78 is 60.7. The molecule has 7 N–H and O–H groups in total. The number of nitrogen functional groups attached to an aromatic ring is 1. The Morgan fingerprint density at radius 1 is 0.985 bits per heavy atom. The summed E-state index contributed by atoms with van der Waals surface area (Å²) in [7, 11) is -17.6. The fourth-order valence-electron chi connectivity index (χ4n) is 6.12. The lowest BCUT2D eigenvalue weighted by Crippen LogP contribution is -2.46. The molecule has 0 bridgehead atoms. The Morgan fingerprint density at radius 2 is 1.67 bits per heavy atom. The number of imidazole rings is 1. The lowest BCUT2D eigenvalue weighted by Gasteiger charge is -2.36. The van der Waals surface area contributed by atoms with Crippen molar-refractivity contribution in [3.63, 3.8) is 0 Å². The van der Waals surface area contributed by atoms with Crippen LogP contribution in [0.4, 0.5) is 5.82 Å². The van der Waals surface area contributed by atoms with E-state index in [1.807, 2.05) is 0 Å². The van der Waals surface area contributed by atoms with E-state index in [2.05, 4.69) is 74.7 Å². The average molecular weight is 1010 g/mol. The predicted molar refractivity (Wildman–Crippen MR) is 230 cm³/mol. The number of nitrogens with zero attached hydrogens (tertiary/aromatic N) is 4. The van der Waals surface area contributed by atoms with Gasteiger partial charge in [0.05, 0.1) is 33.5 Å². The zero-order chi connectivity index (χ0) is 49.1. The second-order valence-corrected chi connectivity index (χ2v) is 20.9. The van der Waals surface area contributed by atoms with Crippen LogP contribution in [0.1, 0.15) is 91.2 Å². The number of rotatable bonds is 31. The quantitative estimate of drug-likeness (QED) is 0.0332. The first kappa shape index (κ1) is 57.3. The lowest BCUT2D eigenvalue weighted by atomic mass is 9.87. The molecule has 3 heterocycles. The van der Waals surface area contributed by atoms with Gasteiger partial charge in [0.25, 0.3) is 15.6 Å². The Labute approximate surface area is 385 Å². The Bertz CT molecular complexity index is 2090. The van der Waals surface area contributed by atoms with Crippen molar-refractivity contribution in [2.45, 2.75) is 122 Å². The molecule has 0 spiro atoms. The highest BCUT2D eigenvalue weighted by Gasteiger charge is 2.47. The number of nitrogens with one attached hydrogen (secondary N) is 2. The largest absolute Gasteiger partial charge is 0.790 e. The van der Waals surface area contributed by atoms with Gasteiger partial charge < -0.3 is 74.1 Å². The molecule has 374 valence electrons. The maximum Gasteiger partial charge on any atom is 0.274 e. The van der Waals surface area contributed by atoms with Crippen LogP contribution < -0.4 is 35.9 Å². The van der Waals surface area contributed by atoms with Crippen LogP contribution in [0.25, 0.3) is 11.2 Å². The van der Waals surface area contributed by atoms with Crippen LogP contribution >= 0.6 is 35.2 Å². The van der Waals surface area contributed by atoms with Crippen molar-refractivity contribution < 1.29 is 85.6 Å². The summed E-state index contributed by atoms with van der Waals surface area (Å²) in [5.41, 5.74) is 4.05. The number of carbonyl (C=O) groups excluding carboxylic acids is 3. The van der Waals surface area contributed by atoms with Crippen LogP contribution in [0.2, 0.25) is 0 Å². The molecule has 0 radical (unpaired) electrons. The molecule has 66 heavy (non-hydrogen) atoms. The second-order valence-electron chi connectivity index (χ2n) is 15.7. The van der Waals surface area contributed by atoms with Crippen LogP contribution in [0.3, 0.4) is 0 Å². The molecule has 1 aliphatic heterocycles. The highest BCUT2D eigenvalue weighted by molar-refractivity contribution is 8.13. The molecule has 2 aromatic heterocycles. The number of ether oxygens (including phenoxy) is 1. The third kappa shape index (κ3) is 20.3. The van der Waals surface area contributed by atoms with Crippen molar-refractivity contribution in [3.8, 4) is 0 Å². The van der Waals surface area contributed by atoms with Crippen molar-refractivity contribution in [2.24, 2.45) is 5.41 Å². The van der Waals surface area contributed by atoms with E-state index >= 15 is 0 Å². The fourth-order valence-corrected chi connectivity index (χ4v) is 9.59. The molecule has 1 fully saturated rings. The highest BCUT2D eigenvalue weighted by atomic mass is 32.2. The maximum absolute atomic E-state index is 12.6. The minimum atomic E-state index is -5.93. The number of aliphatic hydroxyl groups excluding tert-OH is 3. The molecule has 25 nitrogen and oxygen atoms in total. The Morgan fingerprint density at radius 3 is 2.35 bits per heavy atom. The molecule has 0 aromatic carbocycles. The molecule has 1 saturated heterocycles. The summed E-state index contributed by atoms with van der Waals surface area (Å²) >= 11 is 0.965. The average Bonchev–Trinajstić information content (AvgIpc) is 3.79. The number of thioether (sulfide) groups is 1. The topological polar surface area (TPSA) is 395 Å². The number of phosphoric ester groups is 3. The van der Waals surface area contributed by atoms with E-state index in [1.54, 1.807) is 0 Å². The fraction of sp³-hybridized carbons (Fsp3) is 0.676. The Balaban J connectivity index is 1.35. The van der Waals surface area contributed by atoms with Gasteiger partial charge >= 0.3 is 0 Å². The number of aromatic nitrogens is 4. The number of phosphoric acid groups is 3. The third-order valence-electron chi connectivity index (χ3n) is 9.63. The number of nitrogens with two attached hydrogens (primary N) is 1. The van der Waals surface area contributed by atoms with Gasteiger partial charge in [0.2, 0.25) is 11.8 Å². The second kappa shape index (κ2) is 27.3. The number of amides is 2. The smallest absolute Gasteiger partial charge is 0.274 e. The molecule has 0 aliphatic carbocycles. The molecule has 2 aromatic rings. The number of aliphatic hydroxyl groups is 3. The first-order valence-electron chi connectivity index (χ1n) is 20.9. The van der Waals surface area contributed by atoms with Crippen LogP contribution in [-0.4, -0.2) is 114 Å². The molecule has 29 heteroatoms. The SMILES string of the molecule is CCCCC/C=C\C/C=C\CCC[C@H](O)CC(=O)SCCNC(=O)CCNC(=O)[C@H](O)C(C)(C)COP(=O)([O-])OP(=O)([O-])OC[C@H]1O[C@@H](n2cnc3c(N)ncnc32)[C@H](O)[C@@H]1OP(=O)([O-])[O-]. The number of unbranched alkanes of at least 4 members (excludes halogenated alkanes) is 4. The standard InChI is InChI=1S/C37H62N7O18P3S/c1-4-5-6-7-8-9-10-11-12-13-14-15-25(45)20-28(47)66-19-18-39-27(46)16-17-40-35(50)32(49)37(2,3)22-59-65(56,57)62-64(54,55)58-21-26-31(61-63(51,52)53)30(48)36(60-26)44-24-43-29-33(38)41-23-42-34(29)44/h8-9,11-12,23-26,30-32,36,45,48-49H,4-7,10,13-22H2,1-3H3,(H,39,46)(H,40,50)(H,54,55)(H,56,57)(H2,38,41,42)(H2,51,52,53)/p-4/b9-8-,12-11-/t25-,26+,30+,31+,32-,36+/m0/s1. The minimum Gasteiger partial charge on any atom is -0.790 e. The zero-order valence-corrected chi connectivity index (χ0v) is 40.1. The summed E-state index contributed by atoms with van der Waals surface area (Å²) in [6.07, 6.45) is 7.60. The molecule has 1 aliphatic rings. The van der Waals surface area contributed by atoms with Crippen LogP contribution in [0.15, 0.2) is 37.0 Å². The van der Waals surface area contributed by atoms with Gasteiger partial charge in [-0.3, -0.25) is 28.1 Å². The first-order chi connectivity index (χ1) is 30.9. The first-order valence-corrected chi connectivity index (χ1v) is 26.3. The number of hydrogen-bond acceptors (Lipinski definition) is 23. The van der Waals surface area contributed by atoms with Crippen molar-refractivity contribution in [1.82, 2.24) is 30.2 Å². The molecular weight excluding hydrogens is 955 g/mol. The Kier molecular flexibility index (Phi) is 23.7. The number of carbonyl (C=O) groups is 3. The summed E-state index contributed by atoms with van der Waals surface area (Å²) in [5, 5.41) is 36.3. The van der Waals surface area contributed by atoms with Crippen molar-refractivity contribution in [3.05, 3.63) is 37.0 Å². The summed E-state index contributed by atoms with van der Waals surface area (Å²) in [6.45, 7) is 2.14. The van der Waals surface area contributed by atoms with E-state index in [-0.39, 0.29) is 53.8 Å². The number of anilines is 1. The Hall–Kier alpha value is -3.00. The van der Waals surface area contributed by atoms with Crippen molar-refractivity contribution in [1.29, 1.82) is 0 Å². The molecule has 2 unspecified atom stereocenters. The van der Waals surface area contributed by atoms with E-state index in [4.69, 9.17) is 10.5 Å². The monoisotopic (exact) mass is 1010 g/mol. The van der Waals surface area contributed by atoms with E-state index in [0.717, 1.165) is 54.7 Å². The van der Waals surface area contributed by atoms with Crippen molar-refractivity contribution >= 4 is 69.1 Å². The van der Waals surface area contributed by atoms with Crippen LogP contribution in [-0.2, 0) is 50.7 Å². The van der Waals surface area contributed by atoms with E-state index in [9.17, 15) is 63.0 Å². The lowest BCUT2D eigenvalue weighted by molar-refractivity contribution is -0.347. The molecular formula is C37H58N7O18P3S-4. The van der Waals surface area contributed by atoms with Gasteiger partial charge in [0, 0.05) is 37.1 Å². The van der Waals surface area contributed by atoms with Gasteiger partial charge in [-0.15, -0.1) is 0 Å². The molecule has 0 saturated carbocycles. The minimum absolute atomic E-state index is 0.0186. The van der Waals surface area contributed by atoms with Gasteiger partial charge in [-0.2, -0.15) is 0 Å². The van der Waals surface area contributed by atoms with Gasteiger partial charge in [-0.25, -0.2) is 19.3 Å². The van der Waals surface area contributed by atoms with Gasteiger partial charge in [0.15, 0.2) is 22.8 Å². The summed E-state index contributed by atoms with van der Waals surface area (Å²) in [4.78, 5) is 96.8. The van der Waals surface area contributed by atoms with Gasteiger partial charge in [0.1, 0.15) is 36.3 Å². The number of hydrogen-bond donors (Lipinski definition) is 6. The van der Waals surface area contributed by atoms with Gasteiger partial charge in [-0.05, 0) is 38.5 Å².